The van der Waals surface area contributed by atoms with Crippen molar-refractivity contribution in [1.82, 2.24) is 0 Å². The van der Waals surface area contributed by atoms with Gasteiger partial charge in [0.1, 0.15) is 0 Å². The van der Waals surface area contributed by atoms with Gasteiger partial charge in [-0.05, 0) is 24.7 Å². The van der Waals surface area contributed by atoms with E-state index < -0.39 is 11.4 Å². The average molecular weight is 198 g/mol. The fourth-order valence-corrected chi connectivity index (χ4v) is 2.67. The molecule has 1 fully saturated rings. The van der Waals surface area contributed by atoms with Crippen molar-refractivity contribution in [2.45, 2.75) is 59.3 Å². The van der Waals surface area contributed by atoms with Crippen LogP contribution in [-0.4, -0.2) is 11.1 Å². The number of carboxylic acid groups (broad SMARTS) is 1. The molecule has 0 atom stereocenters. The number of carbonyl (C=O) groups is 1. The van der Waals surface area contributed by atoms with Crippen LogP contribution in [-0.2, 0) is 4.79 Å². The summed E-state index contributed by atoms with van der Waals surface area (Å²) in [5.74, 6) is -0.580. The van der Waals surface area contributed by atoms with Gasteiger partial charge < -0.3 is 5.11 Å². The second-order valence-corrected chi connectivity index (χ2v) is 5.19. The minimum Gasteiger partial charge on any atom is -0.481 e. The number of carboxylic acids is 1. The lowest BCUT2D eigenvalue weighted by Crippen LogP contribution is -2.45. The van der Waals surface area contributed by atoms with Gasteiger partial charge in [0, 0.05) is 0 Å². The van der Waals surface area contributed by atoms with Gasteiger partial charge in [0.05, 0.1) is 5.41 Å². The summed E-state index contributed by atoms with van der Waals surface area (Å²) in [5.41, 5.74) is -0.529. The fourth-order valence-electron chi connectivity index (χ4n) is 2.67. The molecule has 0 bridgehead atoms. The van der Waals surface area contributed by atoms with Crippen LogP contribution in [0.1, 0.15) is 59.3 Å². The Hall–Kier alpha value is -0.530. The molecule has 0 amide bonds. The lowest BCUT2D eigenvalue weighted by atomic mass is 9.57. The standard InChI is InChI=1S/C12H22O2/c1-4-11(2,3)12(10(13)14)8-6-5-7-9-12/h4-9H2,1-3H3,(H,13,14). The van der Waals surface area contributed by atoms with E-state index in [1.165, 1.54) is 6.42 Å². The van der Waals surface area contributed by atoms with Gasteiger partial charge in [-0.1, -0.05) is 40.0 Å². The SMILES string of the molecule is CCC(C)(C)C1(C(=O)O)CCCCC1. The Balaban J connectivity index is 2.97. The monoisotopic (exact) mass is 198 g/mol. The molecule has 0 aliphatic heterocycles. The van der Waals surface area contributed by atoms with Gasteiger partial charge in [0.25, 0.3) is 0 Å². The summed E-state index contributed by atoms with van der Waals surface area (Å²) >= 11 is 0. The van der Waals surface area contributed by atoms with Crippen LogP contribution in [0.25, 0.3) is 0 Å². The highest BCUT2D eigenvalue weighted by atomic mass is 16.4. The zero-order valence-electron chi connectivity index (χ0n) is 9.60. The first-order valence-corrected chi connectivity index (χ1v) is 5.70. The Labute approximate surface area is 86.7 Å². The molecule has 82 valence electrons. The smallest absolute Gasteiger partial charge is 0.310 e. The molecule has 0 aromatic heterocycles. The Morgan fingerprint density at radius 2 is 1.79 bits per heavy atom. The van der Waals surface area contributed by atoms with Crippen LogP contribution in [0.4, 0.5) is 0 Å². The van der Waals surface area contributed by atoms with Gasteiger partial charge >= 0.3 is 5.97 Å². The summed E-state index contributed by atoms with van der Waals surface area (Å²) in [4.78, 5) is 11.5. The molecule has 0 aromatic carbocycles. The summed E-state index contributed by atoms with van der Waals surface area (Å²) in [6, 6.07) is 0. The van der Waals surface area contributed by atoms with Crippen molar-refractivity contribution in [2.75, 3.05) is 0 Å². The molecule has 0 aromatic rings. The number of rotatable bonds is 3. The molecule has 0 unspecified atom stereocenters. The summed E-state index contributed by atoms with van der Waals surface area (Å²) in [6.07, 6.45) is 6.03. The molecular formula is C12H22O2. The Bertz CT molecular complexity index is 212. The Kier molecular flexibility index (Phi) is 3.23. The van der Waals surface area contributed by atoms with E-state index in [4.69, 9.17) is 0 Å². The molecule has 0 spiro atoms. The van der Waals surface area contributed by atoms with Crippen LogP contribution in [0.2, 0.25) is 0 Å². The molecule has 1 saturated carbocycles. The molecule has 2 nitrogen and oxygen atoms in total. The van der Waals surface area contributed by atoms with Crippen molar-refractivity contribution in [2.24, 2.45) is 10.8 Å². The summed E-state index contributed by atoms with van der Waals surface area (Å²) < 4.78 is 0. The highest BCUT2D eigenvalue weighted by molar-refractivity contribution is 5.75. The first-order valence-electron chi connectivity index (χ1n) is 5.70. The maximum absolute atomic E-state index is 11.5. The van der Waals surface area contributed by atoms with Crippen molar-refractivity contribution in [3.63, 3.8) is 0 Å². The van der Waals surface area contributed by atoms with E-state index in [-0.39, 0.29) is 5.41 Å². The Morgan fingerprint density at radius 1 is 1.29 bits per heavy atom. The van der Waals surface area contributed by atoms with Crippen molar-refractivity contribution >= 4 is 5.97 Å². The van der Waals surface area contributed by atoms with Gasteiger partial charge in [0.2, 0.25) is 0 Å². The second kappa shape index (κ2) is 3.92. The molecular weight excluding hydrogens is 176 g/mol. The molecule has 2 heteroatoms. The fraction of sp³-hybridized carbons (Fsp3) is 0.917. The number of aliphatic carboxylic acids is 1. The van der Waals surface area contributed by atoms with Crippen molar-refractivity contribution in [1.29, 1.82) is 0 Å². The van der Waals surface area contributed by atoms with E-state index in [0.29, 0.717) is 0 Å². The number of hydrogen-bond acceptors (Lipinski definition) is 1. The van der Waals surface area contributed by atoms with Crippen LogP contribution >= 0.6 is 0 Å². The molecule has 1 rings (SSSR count). The van der Waals surface area contributed by atoms with Crippen LogP contribution < -0.4 is 0 Å². The lowest BCUT2D eigenvalue weighted by molar-refractivity contribution is -0.161. The highest BCUT2D eigenvalue weighted by Crippen LogP contribution is 2.51. The summed E-state index contributed by atoms with van der Waals surface area (Å²) in [5, 5.41) is 9.46. The van der Waals surface area contributed by atoms with Crippen LogP contribution in [0.3, 0.4) is 0 Å². The van der Waals surface area contributed by atoms with E-state index >= 15 is 0 Å². The molecule has 14 heavy (non-hydrogen) atoms. The van der Waals surface area contributed by atoms with Crippen LogP contribution in [0.5, 0.6) is 0 Å². The summed E-state index contributed by atoms with van der Waals surface area (Å²) in [6.45, 7) is 6.30. The second-order valence-electron chi connectivity index (χ2n) is 5.19. The van der Waals surface area contributed by atoms with E-state index in [1.54, 1.807) is 0 Å². The third kappa shape index (κ3) is 1.67. The molecule has 1 N–H and O–H groups in total. The largest absolute Gasteiger partial charge is 0.481 e. The zero-order chi connectivity index (χ0) is 10.8. The minimum atomic E-state index is -0.580. The maximum Gasteiger partial charge on any atom is 0.310 e. The predicted octanol–water partition coefficient (Wildman–Crippen LogP) is 3.46. The summed E-state index contributed by atoms with van der Waals surface area (Å²) in [7, 11) is 0. The Morgan fingerprint density at radius 3 is 2.14 bits per heavy atom. The number of hydrogen-bond donors (Lipinski definition) is 1. The maximum atomic E-state index is 11.5. The van der Waals surface area contributed by atoms with Crippen LogP contribution in [0, 0.1) is 10.8 Å². The lowest BCUT2D eigenvalue weighted by Gasteiger charge is -2.45. The first-order chi connectivity index (χ1) is 6.46. The molecule has 0 radical (unpaired) electrons. The predicted molar refractivity (Wildman–Crippen MR) is 57.2 cm³/mol. The highest BCUT2D eigenvalue weighted by Gasteiger charge is 2.50. The first kappa shape index (κ1) is 11.5. The van der Waals surface area contributed by atoms with E-state index in [1.807, 2.05) is 0 Å². The third-order valence-corrected chi connectivity index (χ3v) is 4.30. The van der Waals surface area contributed by atoms with E-state index in [9.17, 15) is 9.90 Å². The van der Waals surface area contributed by atoms with Crippen molar-refractivity contribution in [3.05, 3.63) is 0 Å². The van der Waals surface area contributed by atoms with Gasteiger partial charge in [-0.15, -0.1) is 0 Å². The minimum absolute atomic E-state index is 0.0702. The molecule has 0 saturated heterocycles. The van der Waals surface area contributed by atoms with E-state index in [2.05, 4.69) is 20.8 Å². The molecule has 1 aliphatic carbocycles. The van der Waals surface area contributed by atoms with Crippen molar-refractivity contribution in [3.8, 4) is 0 Å². The normalized spacial score (nSPS) is 21.9. The average Bonchev–Trinajstić information content (AvgIpc) is 2.18. The van der Waals surface area contributed by atoms with Gasteiger partial charge in [0.15, 0.2) is 0 Å². The molecule has 0 heterocycles. The molecule has 1 aliphatic rings. The van der Waals surface area contributed by atoms with E-state index in [0.717, 1.165) is 32.1 Å². The van der Waals surface area contributed by atoms with Crippen LogP contribution in [0.15, 0.2) is 0 Å². The van der Waals surface area contributed by atoms with Crippen molar-refractivity contribution < 1.29 is 9.90 Å². The van der Waals surface area contributed by atoms with Gasteiger partial charge in [-0.25, -0.2) is 0 Å². The zero-order valence-corrected chi connectivity index (χ0v) is 9.60. The topological polar surface area (TPSA) is 37.3 Å². The van der Waals surface area contributed by atoms with Gasteiger partial charge in [-0.3, -0.25) is 4.79 Å². The quantitative estimate of drug-likeness (QED) is 0.754. The van der Waals surface area contributed by atoms with Gasteiger partial charge in [-0.2, -0.15) is 0 Å². The third-order valence-electron chi connectivity index (χ3n) is 4.30.